The van der Waals surface area contributed by atoms with Crippen molar-refractivity contribution < 1.29 is 14.3 Å². The van der Waals surface area contributed by atoms with Crippen molar-refractivity contribution in [2.45, 2.75) is 93.9 Å². The van der Waals surface area contributed by atoms with Crippen molar-refractivity contribution in [1.82, 2.24) is 25.5 Å². The highest BCUT2D eigenvalue weighted by molar-refractivity contribution is 5.89. The van der Waals surface area contributed by atoms with Gasteiger partial charge < -0.3 is 35.9 Å². The van der Waals surface area contributed by atoms with Crippen molar-refractivity contribution in [3.05, 3.63) is 114 Å². The molecular formula is C47H51N7O3. The summed E-state index contributed by atoms with van der Waals surface area (Å²) in [6, 6.07) is 29.4. The summed E-state index contributed by atoms with van der Waals surface area (Å²) in [5.74, 6) is 0.904. The maximum atomic E-state index is 14.1. The van der Waals surface area contributed by atoms with E-state index < -0.39 is 12.1 Å². The second-order valence-electron chi connectivity index (χ2n) is 16.7. The molecule has 0 bridgehead atoms. The molecule has 4 aromatic carbocycles. The van der Waals surface area contributed by atoms with Crippen LogP contribution in [-0.4, -0.2) is 59.3 Å². The molecule has 3 fully saturated rings. The van der Waals surface area contributed by atoms with E-state index >= 15 is 0 Å². The minimum atomic E-state index is -0.829. The van der Waals surface area contributed by atoms with Gasteiger partial charge in [0.1, 0.15) is 18.0 Å². The van der Waals surface area contributed by atoms with Crippen LogP contribution in [0.2, 0.25) is 0 Å². The molecule has 57 heavy (non-hydrogen) atoms. The number of H-pyrrole nitrogens is 1. The number of benzene rings is 4. The Morgan fingerprint density at radius 1 is 0.842 bits per heavy atom. The summed E-state index contributed by atoms with van der Waals surface area (Å²) in [5, 5.41) is 13.8. The Labute approximate surface area is 334 Å². The van der Waals surface area contributed by atoms with Gasteiger partial charge in [-0.05, 0) is 120 Å². The van der Waals surface area contributed by atoms with Crippen molar-refractivity contribution in [2.24, 2.45) is 0 Å². The van der Waals surface area contributed by atoms with E-state index in [1.165, 1.54) is 73.5 Å². The van der Waals surface area contributed by atoms with Crippen molar-refractivity contribution in [3.63, 3.8) is 0 Å². The largest absolute Gasteiger partial charge is 0.453 e. The predicted molar refractivity (Wildman–Crippen MR) is 224 cm³/mol. The molecule has 1 spiro atoms. The van der Waals surface area contributed by atoms with Crippen LogP contribution >= 0.6 is 0 Å². The van der Waals surface area contributed by atoms with Crippen molar-refractivity contribution in [3.8, 4) is 33.5 Å². The molecule has 1 saturated carbocycles. The molecule has 5 N–H and O–H groups in total. The number of nitrogens with one attached hydrogen (secondary N) is 5. The number of methoxy groups -OCH3 is 1. The number of likely N-dealkylation sites (tertiary alicyclic amines) is 1. The van der Waals surface area contributed by atoms with Gasteiger partial charge in [-0.15, -0.1) is 0 Å². The Kier molecular flexibility index (Phi) is 9.24. The third-order valence-electron chi connectivity index (χ3n) is 13.5. The molecule has 5 aliphatic rings. The number of imidazole rings is 1. The lowest BCUT2D eigenvalue weighted by Gasteiger charge is -2.32. The summed E-state index contributed by atoms with van der Waals surface area (Å²) in [6.45, 7) is 1.68. The molecule has 3 aliphatic heterocycles. The van der Waals surface area contributed by atoms with E-state index in [9.17, 15) is 9.59 Å². The number of aromatic nitrogens is 2. The molecule has 292 valence electrons. The zero-order chi connectivity index (χ0) is 38.5. The fourth-order valence-corrected chi connectivity index (χ4v) is 10.7. The van der Waals surface area contributed by atoms with E-state index in [4.69, 9.17) is 9.72 Å². The maximum absolute atomic E-state index is 14.1. The summed E-state index contributed by atoms with van der Waals surface area (Å²) in [4.78, 5) is 36.7. The van der Waals surface area contributed by atoms with Gasteiger partial charge in [-0.2, -0.15) is 0 Å². The monoisotopic (exact) mass is 761 g/mol. The van der Waals surface area contributed by atoms with Crippen molar-refractivity contribution >= 4 is 23.4 Å². The SMILES string of the molecule is COC(=O)N[C@H](C(=O)N1CCC[C@H]1C1Nc2ccc(-c3ccc(-c4ccc(-c5cnc(C6CCCN6)[nH]5)cc4)c4c3CCC43CCCC3)cc2N1)c1ccccc1. The van der Waals surface area contributed by atoms with E-state index in [-0.39, 0.29) is 23.5 Å². The third-order valence-corrected chi connectivity index (χ3v) is 13.5. The first-order chi connectivity index (χ1) is 28.0. The average molecular weight is 762 g/mol. The fraction of sp³-hybridized carbons (Fsp3) is 0.383. The number of aromatic amines is 1. The van der Waals surface area contributed by atoms with E-state index in [1.54, 1.807) is 5.56 Å². The van der Waals surface area contributed by atoms with Gasteiger partial charge in [0.15, 0.2) is 0 Å². The van der Waals surface area contributed by atoms with Crippen LogP contribution in [0.5, 0.6) is 0 Å². The second kappa shape index (κ2) is 14.7. The summed E-state index contributed by atoms with van der Waals surface area (Å²) < 4.78 is 4.90. The number of amides is 2. The molecule has 5 aromatic rings. The van der Waals surface area contributed by atoms with E-state index in [1.807, 2.05) is 41.4 Å². The summed E-state index contributed by atoms with van der Waals surface area (Å²) >= 11 is 0. The van der Waals surface area contributed by atoms with Gasteiger partial charge in [0, 0.05) is 6.54 Å². The molecule has 10 rings (SSSR count). The predicted octanol–water partition coefficient (Wildman–Crippen LogP) is 8.85. The van der Waals surface area contributed by atoms with Gasteiger partial charge in [-0.1, -0.05) is 85.6 Å². The summed E-state index contributed by atoms with van der Waals surface area (Å²) in [5.41, 5.74) is 13.6. The van der Waals surface area contributed by atoms with Crippen LogP contribution in [0.3, 0.4) is 0 Å². The summed E-state index contributed by atoms with van der Waals surface area (Å²) in [7, 11) is 1.32. The number of ether oxygens (including phenoxy) is 1. The van der Waals surface area contributed by atoms with Crippen LogP contribution in [0, 0.1) is 0 Å². The van der Waals surface area contributed by atoms with E-state index in [2.05, 4.69) is 80.8 Å². The highest BCUT2D eigenvalue weighted by atomic mass is 16.5. The first-order valence-electron chi connectivity index (χ1n) is 20.9. The molecule has 4 atom stereocenters. The number of rotatable bonds is 8. The Morgan fingerprint density at radius 2 is 1.61 bits per heavy atom. The maximum Gasteiger partial charge on any atom is 0.407 e. The first kappa shape index (κ1) is 35.8. The molecule has 10 nitrogen and oxygen atoms in total. The number of anilines is 2. The zero-order valence-electron chi connectivity index (χ0n) is 32.6. The number of hydrogen-bond donors (Lipinski definition) is 5. The van der Waals surface area contributed by atoms with E-state index in [0.717, 1.165) is 66.2 Å². The highest BCUT2D eigenvalue weighted by Crippen LogP contribution is 2.55. The number of alkyl carbamates (subject to hydrolysis) is 1. The van der Waals surface area contributed by atoms with Gasteiger partial charge >= 0.3 is 6.09 Å². The van der Waals surface area contributed by atoms with Crippen LogP contribution in [-0.2, 0) is 21.4 Å². The van der Waals surface area contributed by atoms with Crippen molar-refractivity contribution in [2.75, 3.05) is 30.8 Å². The Balaban J connectivity index is 0.916. The number of fused-ring (bicyclic) bond motifs is 3. The van der Waals surface area contributed by atoms with E-state index in [0.29, 0.717) is 12.6 Å². The normalized spacial score (nSPS) is 22.2. The Morgan fingerprint density at radius 3 is 2.40 bits per heavy atom. The first-order valence-corrected chi connectivity index (χ1v) is 20.9. The molecule has 2 saturated heterocycles. The number of hydrogen-bond acceptors (Lipinski definition) is 7. The zero-order valence-corrected chi connectivity index (χ0v) is 32.6. The molecule has 2 unspecified atom stereocenters. The second-order valence-corrected chi connectivity index (χ2v) is 16.7. The molecular weight excluding hydrogens is 711 g/mol. The lowest BCUT2D eigenvalue weighted by molar-refractivity contribution is -0.134. The molecule has 2 aliphatic carbocycles. The number of carbonyl (C=O) groups excluding carboxylic acids is 2. The Bertz CT molecular complexity index is 2290. The van der Waals surface area contributed by atoms with Gasteiger partial charge in [0.25, 0.3) is 0 Å². The average Bonchev–Trinajstić information content (AvgIpc) is 4.11. The van der Waals surface area contributed by atoms with Gasteiger partial charge in [-0.25, -0.2) is 9.78 Å². The van der Waals surface area contributed by atoms with Gasteiger partial charge in [0.05, 0.1) is 42.5 Å². The topological polar surface area (TPSA) is 123 Å². The molecule has 2 amide bonds. The van der Waals surface area contributed by atoms with Gasteiger partial charge in [0.2, 0.25) is 5.91 Å². The van der Waals surface area contributed by atoms with Crippen LogP contribution in [0.25, 0.3) is 33.5 Å². The van der Waals surface area contributed by atoms with Crippen LogP contribution < -0.4 is 21.3 Å². The quantitative estimate of drug-likeness (QED) is 0.107. The Hall–Kier alpha value is -5.61. The standard InChI is InChI=1S/C47H51N7O3/c1-57-46(56)53-42(31-9-3-2-4-10-31)45(55)54-26-8-12-40(54)44-50-36-20-17-32(27-38(36)51-44)33-18-19-34(41-35(33)21-24-47(41)22-5-6-23-47)29-13-15-30(16-14-29)39-28-49-43(52-39)37-11-7-25-48-37/h2-4,9-10,13-20,27-28,37,40,42,44,48,50-51H,5-8,11-12,21-26H2,1H3,(H,49,52)(H,53,56)/t37?,40-,42-,44?/m0/s1. The smallest absolute Gasteiger partial charge is 0.407 e. The van der Waals surface area contributed by atoms with Crippen molar-refractivity contribution in [1.29, 1.82) is 0 Å². The molecule has 4 heterocycles. The van der Waals surface area contributed by atoms with Gasteiger partial charge in [-0.3, -0.25) is 4.79 Å². The lowest BCUT2D eigenvalue weighted by Crippen LogP contribution is -2.51. The lowest BCUT2D eigenvalue weighted by atomic mass is 9.76. The minimum absolute atomic E-state index is 0.0872. The van der Waals surface area contributed by atoms with Crippen LogP contribution in [0.4, 0.5) is 16.2 Å². The number of carbonyl (C=O) groups is 2. The van der Waals surface area contributed by atoms with Crippen LogP contribution in [0.1, 0.15) is 92.4 Å². The highest BCUT2D eigenvalue weighted by Gasteiger charge is 2.44. The minimum Gasteiger partial charge on any atom is -0.453 e. The molecule has 0 radical (unpaired) electrons. The molecule has 10 heteroatoms. The summed E-state index contributed by atoms with van der Waals surface area (Å²) in [6.07, 6.45) is 12.7. The van der Waals surface area contributed by atoms with Crippen LogP contribution in [0.15, 0.2) is 91.1 Å². The fourth-order valence-electron chi connectivity index (χ4n) is 10.7. The molecule has 1 aromatic heterocycles. The number of nitrogens with zero attached hydrogens (tertiary/aromatic N) is 2. The third kappa shape index (κ3) is 6.44.